The summed E-state index contributed by atoms with van der Waals surface area (Å²) in [6.07, 6.45) is 6.09. The summed E-state index contributed by atoms with van der Waals surface area (Å²) in [5, 5.41) is 2.93. The normalized spacial score (nSPS) is 10.4. The van der Waals surface area contributed by atoms with Crippen LogP contribution in [0.2, 0.25) is 0 Å². The minimum absolute atomic E-state index is 0.101. The molecule has 2 aromatic rings. The lowest BCUT2D eigenvalue weighted by molar-refractivity contribution is 0.102. The lowest BCUT2D eigenvalue weighted by Crippen LogP contribution is -2.12. The zero-order valence-corrected chi connectivity index (χ0v) is 14.7. The maximum absolute atomic E-state index is 12.3. The van der Waals surface area contributed by atoms with E-state index in [-0.39, 0.29) is 5.91 Å². The first-order valence-corrected chi connectivity index (χ1v) is 8.80. The van der Waals surface area contributed by atoms with Crippen LogP contribution in [0.5, 0.6) is 5.75 Å². The molecule has 0 aliphatic heterocycles. The van der Waals surface area contributed by atoms with Gasteiger partial charge in [0.05, 0.1) is 6.61 Å². The number of rotatable bonds is 9. The standard InChI is InChI=1S/C21H27NO2/c1-3-4-5-6-7-14-24-20-13-9-12-19(16-20)22-21(23)18-11-8-10-17(2)15-18/h8-13,15-16H,3-7,14H2,1-2H3,(H,22,23). The summed E-state index contributed by atoms with van der Waals surface area (Å²) in [5.74, 6) is 0.697. The zero-order valence-electron chi connectivity index (χ0n) is 14.7. The van der Waals surface area contributed by atoms with Gasteiger partial charge < -0.3 is 10.1 Å². The Labute approximate surface area is 145 Å². The fourth-order valence-electron chi connectivity index (χ4n) is 2.55. The van der Waals surface area contributed by atoms with Gasteiger partial charge in [0.2, 0.25) is 0 Å². The predicted molar refractivity (Wildman–Crippen MR) is 99.8 cm³/mol. The third-order valence-electron chi connectivity index (χ3n) is 3.89. The van der Waals surface area contributed by atoms with Crippen LogP contribution in [0.3, 0.4) is 0 Å². The Morgan fingerprint density at radius 3 is 2.58 bits per heavy atom. The second kappa shape index (κ2) is 9.76. The number of amides is 1. The Balaban J connectivity index is 1.85. The molecule has 0 aromatic heterocycles. The van der Waals surface area contributed by atoms with Crippen LogP contribution in [0.4, 0.5) is 5.69 Å². The molecule has 0 saturated carbocycles. The van der Waals surface area contributed by atoms with Crippen molar-refractivity contribution in [2.75, 3.05) is 11.9 Å². The van der Waals surface area contributed by atoms with E-state index in [2.05, 4.69) is 12.2 Å². The van der Waals surface area contributed by atoms with Crippen molar-refractivity contribution in [2.24, 2.45) is 0 Å². The van der Waals surface area contributed by atoms with Crippen LogP contribution >= 0.6 is 0 Å². The summed E-state index contributed by atoms with van der Waals surface area (Å²) in [4.78, 5) is 12.3. The molecule has 0 heterocycles. The number of hydrogen-bond acceptors (Lipinski definition) is 2. The predicted octanol–water partition coefficient (Wildman–Crippen LogP) is 5.60. The number of ether oxygens (including phenoxy) is 1. The van der Waals surface area contributed by atoms with Crippen molar-refractivity contribution in [3.8, 4) is 5.75 Å². The maximum atomic E-state index is 12.3. The Morgan fingerprint density at radius 1 is 1.00 bits per heavy atom. The first-order chi connectivity index (χ1) is 11.7. The van der Waals surface area contributed by atoms with Crippen molar-refractivity contribution < 1.29 is 9.53 Å². The lowest BCUT2D eigenvalue weighted by Gasteiger charge is -2.09. The highest BCUT2D eigenvalue weighted by molar-refractivity contribution is 6.04. The molecule has 0 spiro atoms. The number of anilines is 1. The third kappa shape index (κ3) is 6.07. The molecule has 0 bridgehead atoms. The van der Waals surface area contributed by atoms with Crippen molar-refractivity contribution in [3.63, 3.8) is 0 Å². The van der Waals surface area contributed by atoms with Gasteiger partial charge in [-0.1, -0.05) is 56.4 Å². The van der Waals surface area contributed by atoms with Gasteiger partial charge in [-0.15, -0.1) is 0 Å². The first-order valence-electron chi connectivity index (χ1n) is 8.80. The molecule has 128 valence electrons. The maximum Gasteiger partial charge on any atom is 0.255 e. The van der Waals surface area contributed by atoms with E-state index in [9.17, 15) is 4.79 Å². The fourth-order valence-corrected chi connectivity index (χ4v) is 2.55. The molecule has 0 aliphatic carbocycles. The summed E-state index contributed by atoms with van der Waals surface area (Å²) < 4.78 is 5.78. The van der Waals surface area contributed by atoms with Gasteiger partial charge in [0, 0.05) is 17.3 Å². The Hall–Kier alpha value is -2.29. The van der Waals surface area contributed by atoms with E-state index in [4.69, 9.17) is 4.74 Å². The molecule has 3 nitrogen and oxygen atoms in total. The van der Waals surface area contributed by atoms with E-state index in [1.807, 2.05) is 55.5 Å². The number of hydrogen-bond donors (Lipinski definition) is 1. The van der Waals surface area contributed by atoms with Gasteiger partial charge in [-0.05, 0) is 37.6 Å². The average Bonchev–Trinajstić information content (AvgIpc) is 2.58. The van der Waals surface area contributed by atoms with Crippen LogP contribution in [-0.2, 0) is 0 Å². The molecule has 1 amide bonds. The average molecular weight is 325 g/mol. The monoisotopic (exact) mass is 325 g/mol. The highest BCUT2D eigenvalue weighted by Gasteiger charge is 2.06. The Kier molecular flexibility index (Phi) is 7.34. The van der Waals surface area contributed by atoms with Crippen LogP contribution < -0.4 is 10.1 Å². The lowest BCUT2D eigenvalue weighted by atomic mass is 10.1. The number of unbranched alkanes of at least 4 members (excludes halogenated alkanes) is 4. The Morgan fingerprint density at radius 2 is 1.79 bits per heavy atom. The third-order valence-corrected chi connectivity index (χ3v) is 3.89. The number of carbonyl (C=O) groups is 1. The smallest absolute Gasteiger partial charge is 0.255 e. The van der Waals surface area contributed by atoms with E-state index in [1.54, 1.807) is 0 Å². The SMILES string of the molecule is CCCCCCCOc1cccc(NC(=O)c2cccc(C)c2)c1. The van der Waals surface area contributed by atoms with Crippen molar-refractivity contribution in [3.05, 3.63) is 59.7 Å². The van der Waals surface area contributed by atoms with Gasteiger partial charge in [0.1, 0.15) is 5.75 Å². The van der Waals surface area contributed by atoms with Crippen LogP contribution in [0, 0.1) is 6.92 Å². The number of benzene rings is 2. The molecule has 0 fully saturated rings. The summed E-state index contributed by atoms with van der Waals surface area (Å²) in [6, 6.07) is 15.1. The number of carbonyl (C=O) groups excluding carboxylic acids is 1. The van der Waals surface area contributed by atoms with Crippen molar-refractivity contribution in [1.29, 1.82) is 0 Å². The van der Waals surface area contributed by atoms with Gasteiger partial charge >= 0.3 is 0 Å². The molecule has 0 aliphatic rings. The molecular formula is C21H27NO2. The van der Waals surface area contributed by atoms with Crippen LogP contribution in [-0.4, -0.2) is 12.5 Å². The summed E-state index contributed by atoms with van der Waals surface area (Å²) in [7, 11) is 0. The van der Waals surface area contributed by atoms with Crippen molar-refractivity contribution >= 4 is 11.6 Å². The zero-order chi connectivity index (χ0) is 17.2. The summed E-state index contributed by atoms with van der Waals surface area (Å²) in [5.41, 5.74) is 2.49. The molecule has 0 saturated heterocycles. The van der Waals surface area contributed by atoms with Gasteiger partial charge in [-0.2, -0.15) is 0 Å². The Bertz CT molecular complexity index is 652. The van der Waals surface area contributed by atoms with E-state index in [0.717, 1.165) is 30.0 Å². The molecule has 1 N–H and O–H groups in total. The quantitative estimate of drug-likeness (QED) is 0.610. The number of aryl methyl sites for hydroxylation is 1. The largest absolute Gasteiger partial charge is 0.494 e. The van der Waals surface area contributed by atoms with Crippen molar-refractivity contribution in [2.45, 2.75) is 46.0 Å². The molecule has 0 radical (unpaired) electrons. The summed E-state index contributed by atoms with van der Waals surface area (Å²) in [6.45, 7) is 4.91. The summed E-state index contributed by atoms with van der Waals surface area (Å²) >= 11 is 0. The topological polar surface area (TPSA) is 38.3 Å². The van der Waals surface area contributed by atoms with Gasteiger partial charge in [-0.3, -0.25) is 4.79 Å². The fraction of sp³-hybridized carbons (Fsp3) is 0.381. The second-order valence-corrected chi connectivity index (χ2v) is 6.11. The second-order valence-electron chi connectivity index (χ2n) is 6.11. The van der Waals surface area contributed by atoms with Gasteiger partial charge in [0.25, 0.3) is 5.91 Å². The van der Waals surface area contributed by atoms with E-state index >= 15 is 0 Å². The van der Waals surface area contributed by atoms with E-state index < -0.39 is 0 Å². The highest BCUT2D eigenvalue weighted by Crippen LogP contribution is 2.19. The molecule has 24 heavy (non-hydrogen) atoms. The molecular weight excluding hydrogens is 298 g/mol. The molecule has 3 heteroatoms. The molecule has 2 aromatic carbocycles. The van der Waals surface area contributed by atoms with Crippen molar-refractivity contribution in [1.82, 2.24) is 0 Å². The van der Waals surface area contributed by atoms with Crippen LogP contribution in [0.15, 0.2) is 48.5 Å². The first kappa shape index (κ1) is 18.1. The van der Waals surface area contributed by atoms with Crippen LogP contribution in [0.25, 0.3) is 0 Å². The van der Waals surface area contributed by atoms with Gasteiger partial charge in [0.15, 0.2) is 0 Å². The highest BCUT2D eigenvalue weighted by atomic mass is 16.5. The van der Waals surface area contributed by atoms with Crippen LogP contribution in [0.1, 0.15) is 54.9 Å². The van der Waals surface area contributed by atoms with Gasteiger partial charge in [-0.25, -0.2) is 0 Å². The molecule has 0 atom stereocenters. The van der Waals surface area contributed by atoms with E-state index in [0.29, 0.717) is 5.56 Å². The number of nitrogens with one attached hydrogen (secondary N) is 1. The van der Waals surface area contributed by atoms with E-state index in [1.165, 1.54) is 25.7 Å². The molecule has 0 unspecified atom stereocenters. The molecule has 2 rings (SSSR count). The minimum Gasteiger partial charge on any atom is -0.494 e. The minimum atomic E-state index is -0.101.